The fourth-order valence-corrected chi connectivity index (χ4v) is 1.10. The molecular weight excluding hydrogens is 206 g/mol. The van der Waals surface area contributed by atoms with Gasteiger partial charge in [0, 0.05) is 11.6 Å². The maximum absolute atomic E-state index is 10.8. The lowest BCUT2D eigenvalue weighted by molar-refractivity contribution is 0.823. The van der Waals surface area contributed by atoms with E-state index in [0.29, 0.717) is 0 Å². The number of nitrogens with one attached hydrogen (secondary N) is 1. The second-order valence-corrected chi connectivity index (χ2v) is 2.41. The normalized spacial score (nSPS) is 8.00. The van der Waals surface area contributed by atoms with E-state index in [9.17, 15) is 4.79 Å². The maximum atomic E-state index is 10.8. The summed E-state index contributed by atoms with van der Waals surface area (Å²) in [5.41, 5.74) is 0.837. The molecule has 0 unspecified atom stereocenters. The van der Waals surface area contributed by atoms with Crippen molar-refractivity contribution in [2.24, 2.45) is 0 Å². The van der Waals surface area contributed by atoms with Crippen LogP contribution < -0.4 is 5.56 Å². The molecule has 4 nitrogen and oxygen atoms in total. The van der Waals surface area contributed by atoms with Crippen molar-refractivity contribution in [1.82, 2.24) is 4.98 Å². The highest BCUT2D eigenvalue weighted by Gasteiger charge is 1.89. The second kappa shape index (κ2) is 6.15. The van der Waals surface area contributed by atoms with Gasteiger partial charge >= 0.3 is 0 Å². The van der Waals surface area contributed by atoms with Crippen LogP contribution >= 0.6 is 12.4 Å². The smallest absolute Gasteiger partial charge is 0.248 e. The third-order valence-electron chi connectivity index (χ3n) is 1.63. The summed E-state index contributed by atoms with van der Waals surface area (Å²) in [5, 5.41) is 1.06. The number of fused-ring (bicyclic) bond motifs is 1. The van der Waals surface area contributed by atoms with Crippen molar-refractivity contribution in [3.8, 4) is 0 Å². The molecule has 0 radical (unpaired) electrons. The fourth-order valence-electron chi connectivity index (χ4n) is 1.10. The lowest BCUT2D eigenvalue weighted by Gasteiger charge is -1.93. The summed E-state index contributed by atoms with van der Waals surface area (Å²) >= 11 is 0. The summed E-state index contributed by atoms with van der Waals surface area (Å²) in [6.07, 6.45) is 0. The zero-order valence-electron chi connectivity index (χ0n) is 7.28. The van der Waals surface area contributed by atoms with E-state index < -0.39 is 0 Å². The van der Waals surface area contributed by atoms with Crippen molar-refractivity contribution >= 4 is 23.3 Å². The minimum atomic E-state index is -0.0521. The zero-order valence-corrected chi connectivity index (χ0v) is 8.10. The summed E-state index contributed by atoms with van der Waals surface area (Å²) in [7, 11) is 0. The molecule has 2 aromatic rings. The molecule has 1 heterocycles. The summed E-state index contributed by atoms with van der Waals surface area (Å²) in [4.78, 5) is 13.6. The molecule has 78 valence electrons. The molecule has 0 saturated carbocycles. The van der Waals surface area contributed by atoms with Crippen molar-refractivity contribution in [3.05, 3.63) is 46.8 Å². The Morgan fingerprint density at radius 2 is 1.57 bits per heavy atom. The predicted molar refractivity (Wildman–Crippen MR) is 59.0 cm³/mol. The fraction of sp³-hybridized carbons (Fsp3) is 0. The van der Waals surface area contributed by atoms with Crippen LogP contribution in [0.25, 0.3) is 10.9 Å². The molecule has 1 aromatic heterocycles. The summed E-state index contributed by atoms with van der Waals surface area (Å²) < 4.78 is 0. The molecule has 0 spiro atoms. The highest BCUT2D eigenvalue weighted by molar-refractivity contribution is 5.85. The van der Waals surface area contributed by atoms with Crippen LogP contribution in [0.3, 0.4) is 0 Å². The van der Waals surface area contributed by atoms with Gasteiger partial charge in [0.05, 0.1) is 0 Å². The number of halogens is 1. The van der Waals surface area contributed by atoms with E-state index >= 15 is 0 Å². The van der Waals surface area contributed by atoms with Gasteiger partial charge in [-0.1, -0.05) is 18.2 Å². The predicted octanol–water partition coefficient (Wildman–Crippen LogP) is 0.300. The lowest BCUT2D eigenvalue weighted by Crippen LogP contribution is -2.01. The number of rotatable bonds is 0. The molecule has 0 saturated heterocycles. The summed E-state index contributed by atoms with van der Waals surface area (Å²) in [6, 6.07) is 11.0. The van der Waals surface area contributed by atoms with Gasteiger partial charge in [-0.05, 0) is 17.5 Å². The van der Waals surface area contributed by atoms with Crippen molar-refractivity contribution in [1.29, 1.82) is 0 Å². The van der Waals surface area contributed by atoms with Crippen LogP contribution in [0.4, 0.5) is 0 Å². The molecule has 5 heteroatoms. The van der Waals surface area contributed by atoms with Gasteiger partial charge in [0.25, 0.3) is 0 Å². The first-order chi connectivity index (χ1) is 5.36. The maximum Gasteiger partial charge on any atom is 0.248 e. The lowest BCUT2D eigenvalue weighted by atomic mass is 10.2. The van der Waals surface area contributed by atoms with Crippen LogP contribution in [-0.4, -0.2) is 15.9 Å². The first kappa shape index (κ1) is 15.1. The molecule has 0 bridgehead atoms. The molecule has 2 rings (SSSR count). The monoisotopic (exact) mass is 217 g/mol. The Bertz CT molecular complexity index is 441. The minimum Gasteiger partial charge on any atom is -0.412 e. The van der Waals surface area contributed by atoms with Crippen molar-refractivity contribution < 1.29 is 11.0 Å². The molecule has 0 aliphatic rings. The average Bonchev–Trinajstić information content (AvgIpc) is 2.04. The second-order valence-electron chi connectivity index (χ2n) is 2.41. The minimum absolute atomic E-state index is 0. The largest absolute Gasteiger partial charge is 0.412 e. The van der Waals surface area contributed by atoms with Gasteiger partial charge in [-0.25, -0.2) is 0 Å². The Kier molecular flexibility index (Phi) is 6.64. The Morgan fingerprint density at radius 1 is 0.929 bits per heavy atom. The van der Waals surface area contributed by atoms with Crippen molar-refractivity contribution in [2.45, 2.75) is 0 Å². The highest BCUT2D eigenvalue weighted by atomic mass is 35.5. The topological polar surface area (TPSA) is 95.9 Å². The van der Waals surface area contributed by atoms with Crippen molar-refractivity contribution in [3.63, 3.8) is 0 Å². The third-order valence-corrected chi connectivity index (χ3v) is 1.63. The van der Waals surface area contributed by atoms with Crippen LogP contribution in [0.15, 0.2) is 41.2 Å². The molecule has 5 N–H and O–H groups in total. The molecule has 0 aliphatic carbocycles. The Hall–Kier alpha value is -1.36. The van der Waals surface area contributed by atoms with E-state index in [4.69, 9.17) is 0 Å². The molecule has 0 fully saturated rings. The van der Waals surface area contributed by atoms with Gasteiger partial charge in [0.1, 0.15) is 0 Å². The molecule has 0 aliphatic heterocycles. The molecule has 1 aromatic carbocycles. The van der Waals surface area contributed by atoms with E-state index in [2.05, 4.69) is 4.98 Å². The number of H-pyrrole nitrogens is 1. The zero-order chi connectivity index (χ0) is 7.68. The van der Waals surface area contributed by atoms with E-state index in [1.165, 1.54) is 6.07 Å². The Labute approximate surface area is 86.6 Å². The highest BCUT2D eigenvalue weighted by Crippen LogP contribution is 2.06. The number of hydrogen-bond acceptors (Lipinski definition) is 1. The number of hydrogen-bond donors (Lipinski definition) is 1. The molecule has 0 amide bonds. The summed E-state index contributed by atoms with van der Waals surface area (Å²) in [5.74, 6) is 0. The Morgan fingerprint density at radius 3 is 2.29 bits per heavy atom. The number of aromatic nitrogens is 1. The number of benzene rings is 1. The number of para-hydroxylation sites is 1. The van der Waals surface area contributed by atoms with Gasteiger partial charge < -0.3 is 15.9 Å². The van der Waals surface area contributed by atoms with Crippen LogP contribution in [0.1, 0.15) is 0 Å². The SMILES string of the molecule is Cl.O.O.O=c1ccc2ccccc2[nH]1. The molecule has 14 heavy (non-hydrogen) atoms. The number of pyridine rings is 1. The van der Waals surface area contributed by atoms with Gasteiger partial charge in [0.15, 0.2) is 0 Å². The van der Waals surface area contributed by atoms with E-state index in [-0.39, 0.29) is 28.9 Å². The van der Waals surface area contributed by atoms with Gasteiger partial charge in [0.2, 0.25) is 5.56 Å². The summed E-state index contributed by atoms with van der Waals surface area (Å²) in [6.45, 7) is 0. The average molecular weight is 218 g/mol. The van der Waals surface area contributed by atoms with E-state index in [0.717, 1.165) is 10.9 Å². The van der Waals surface area contributed by atoms with Crippen LogP contribution in [0.5, 0.6) is 0 Å². The van der Waals surface area contributed by atoms with E-state index in [1.54, 1.807) is 0 Å². The van der Waals surface area contributed by atoms with Gasteiger partial charge in [-0.2, -0.15) is 0 Å². The van der Waals surface area contributed by atoms with E-state index in [1.807, 2.05) is 30.3 Å². The molecular formula is C9H12ClNO3. The third kappa shape index (κ3) is 2.85. The Balaban J connectivity index is 0. The van der Waals surface area contributed by atoms with Crippen molar-refractivity contribution in [2.75, 3.05) is 0 Å². The molecule has 0 atom stereocenters. The van der Waals surface area contributed by atoms with Crippen LogP contribution in [-0.2, 0) is 0 Å². The van der Waals surface area contributed by atoms with Crippen LogP contribution in [0.2, 0.25) is 0 Å². The standard InChI is InChI=1S/C9H7NO.ClH.2H2O/c11-9-6-5-7-3-1-2-4-8(7)10-9;;;/h1-6H,(H,10,11);1H;2*1H2. The first-order valence-electron chi connectivity index (χ1n) is 3.44. The van der Waals surface area contributed by atoms with Gasteiger partial charge in [-0.3, -0.25) is 4.79 Å². The van der Waals surface area contributed by atoms with Gasteiger partial charge in [-0.15, -0.1) is 12.4 Å². The van der Waals surface area contributed by atoms with Crippen LogP contribution in [0, 0.1) is 0 Å². The number of aromatic amines is 1. The first-order valence-corrected chi connectivity index (χ1v) is 3.44. The quantitative estimate of drug-likeness (QED) is 0.675.